The Kier molecular flexibility index (Phi) is 4.89. The molecule has 1 amide bonds. The van der Waals surface area contributed by atoms with E-state index in [1.807, 2.05) is 27.8 Å². The van der Waals surface area contributed by atoms with E-state index in [9.17, 15) is 9.90 Å². The van der Waals surface area contributed by atoms with Crippen LogP contribution in [-0.4, -0.2) is 32.9 Å². The Morgan fingerprint density at radius 2 is 2.16 bits per heavy atom. The topological polar surface area (TPSA) is 67.2 Å². The summed E-state index contributed by atoms with van der Waals surface area (Å²) >= 11 is 0. The number of nitrogens with zero attached hydrogens (tertiary/aromatic N) is 2. The normalized spacial score (nSPS) is 14.6. The molecule has 1 aromatic heterocycles. The minimum Gasteiger partial charge on any atom is -0.388 e. The van der Waals surface area contributed by atoms with E-state index in [4.69, 9.17) is 0 Å². The van der Waals surface area contributed by atoms with Crippen LogP contribution in [0, 0.1) is 13.8 Å². The summed E-state index contributed by atoms with van der Waals surface area (Å²) in [4.78, 5) is 11.7. The molecule has 0 aliphatic carbocycles. The molecule has 1 heterocycles. The van der Waals surface area contributed by atoms with Crippen LogP contribution in [-0.2, 0) is 11.8 Å². The average Bonchev–Trinajstić information content (AvgIpc) is 2.59. The van der Waals surface area contributed by atoms with Crippen molar-refractivity contribution in [2.45, 2.75) is 39.7 Å². The first kappa shape index (κ1) is 15.4. The highest BCUT2D eigenvalue weighted by atomic mass is 16.3. The minimum absolute atomic E-state index is 0.212. The summed E-state index contributed by atoms with van der Waals surface area (Å²) in [6.45, 7) is 7.69. The van der Waals surface area contributed by atoms with Crippen molar-refractivity contribution in [1.29, 1.82) is 0 Å². The summed E-state index contributed by atoms with van der Waals surface area (Å²) in [6, 6.07) is 0. The summed E-state index contributed by atoms with van der Waals surface area (Å²) in [6.07, 6.45) is 3.83. The summed E-state index contributed by atoms with van der Waals surface area (Å²) < 4.78 is 1.79. The molecule has 0 fully saturated rings. The van der Waals surface area contributed by atoms with E-state index in [-0.39, 0.29) is 12.5 Å². The summed E-state index contributed by atoms with van der Waals surface area (Å²) in [5.74, 6) is -0.212. The van der Waals surface area contributed by atoms with Crippen LogP contribution in [0.4, 0.5) is 0 Å². The van der Waals surface area contributed by atoms with Gasteiger partial charge in [-0.2, -0.15) is 5.10 Å². The smallest absolute Gasteiger partial charge is 0.244 e. The number of aryl methyl sites for hydroxylation is 2. The van der Waals surface area contributed by atoms with Gasteiger partial charge in [0.25, 0.3) is 0 Å². The van der Waals surface area contributed by atoms with Crippen molar-refractivity contribution in [3.8, 4) is 0 Å². The zero-order valence-electron chi connectivity index (χ0n) is 12.3. The van der Waals surface area contributed by atoms with Gasteiger partial charge >= 0.3 is 0 Å². The third-order valence-electron chi connectivity index (χ3n) is 3.37. The van der Waals surface area contributed by atoms with Crippen LogP contribution in [0.1, 0.15) is 37.2 Å². The van der Waals surface area contributed by atoms with Crippen molar-refractivity contribution in [2.75, 3.05) is 6.54 Å². The Hall–Kier alpha value is -1.62. The molecule has 1 unspecified atom stereocenters. The first-order valence-corrected chi connectivity index (χ1v) is 6.45. The standard InChI is InChI=1S/C14H23N3O2/c1-6-14(4,19)9-15-13(18)8-7-12-10(2)16-17(5)11(12)3/h7-8,19H,6,9H2,1-5H3,(H,15,18). The zero-order valence-corrected chi connectivity index (χ0v) is 12.3. The fourth-order valence-corrected chi connectivity index (χ4v) is 1.65. The molecule has 0 radical (unpaired) electrons. The second-order valence-electron chi connectivity index (χ2n) is 5.11. The minimum atomic E-state index is -0.858. The van der Waals surface area contributed by atoms with Crippen LogP contribution in [0.15, 0.2) is 6.08 Å². The maximum Gasteiger partial charge on any atom is 0.244 e. The van der Waals surface area contributed by atoms with Crippen LogP contribution in [0.5, 0.6) is 0 Å². The molecule has 5 nitrogen and oxygen atoms in total. The molecule has 1 atom stereocenters. The monoisotopic (exact) mass is 265 g/mol. The molecule has 0 bridgehead atoms. The van der Waals surface area contributed by atoms with E-state index in [1.165, 1.54) is 6.08 Å². The van der Waals surface area contributed by atoms with E-state index in [0.29, 0.717) is 6.42 Å². The first-order chi connectivity index (χ1) is 8.76. The highest BCUT2D eigenvalue weighted by Crippen LogP contribution is 2.13. The fraction of sp³-hybridized carbons (Fsp3) is 0.571. The molecular formula is C14H23N3O2. The van der Waals surface area contributed by atoms with Crippen molar-refractivity contribution < 1.29 is 9.90 Å². The molecular weight excluding hydrogens is 242 g/mol. The largest absolute Gasteiger partial charge is 0.388 e. The van der Waals surface area contributed by atoms with Crippen molar-refractivity contribution in [3.05, 3.63) is 23.0 Å². The molecule has 0 aliphatic heterocycles. The number of amides is 1. The lowest BCUT2D eigenvalue weighted by molar-refractivity contribution is -0.117. The quantitative estimate of drug-likeness (QED) is 0.789. The number of aromatic nitrogens is 2. The van der Waals surface area contributed by atoms with Gasteiger partial charge in [0.05, 0.1) is 11.3 Å². The molecule has 0 spiro atoms. The van der Waals surface area contributed by atoms with E-state index >= 15 is 0 Å². The number of hydrogen-bond acceptors (Lipinski definition) is 3. The van der Waals surface area contributed by atoms with E-state index in [2.05, 4.69) is 10.4 Å². The molecule has 1 rings (SSSR count). The lowest BCUT2D eigenvalue weighted by Gasteiger charge is -2.20. The van der Waals surface area contributed by atoms with Gasteiger partial charge in [0, 0.05) is 30.9 Å². The van der Waals surface area contributed by atoms with Gasteiger partial charge in [0.1, 0.15) is 0 Å². The molecule has 106 valence electrons. The fourth-order valence-electron chi connectivity index (χ4n) is 1.65. The third-order valence-corrected chi connectivity index (χ3v) is 3.37. The molecule has 2 N–H and O–H groups in total. The molecule has 0 aromatic carbocycles. The predicted octanol–water partition coefficient (Wildman–Crippen LogP) is 1.33. The zero-order chi connectivity index (χ0) is 14.6. The van der Waals surface area contributed by atoms with Crippen molar-refractivity contribution >= 4 is 12.0 Å². The van der Waals surface area contributed by atoms with Crippen LogP contribution < -0.4 is 5.32 Å². The number of carbonyl (C=O) groups excluding carboxylic acids is 1. The van der Waals surface area contributed by atoms with E-state index in [0.717, 1.165) is 17.0 Å². The maximum absolute atomic E-state index is 11.7. The maximum atomic E-state index is 11.7. The van der Waals surface area contributed by atoms with Crippen LogP contribution >= 0.6 is 0 Å². The first-order valence-electron chi connectivity index (χ1n) is 6.45. The Morgan fingerprint density at radius 3 is 2.63 bits per heavy atom. The molecule has 1 aromatic rings. The van der Waals surface area contributed by atoms with Crippen LogP contribution in [0.3, 0.4) is 0 Å². The van der Waals surface area contributed by atoms with Gasteiger partial charge in [-0.25, -0.2) is 0 Å². The number of nitrogens with one attached hydrogen (secondary N) is 1. The number of carbonyl (C=O) groups is 1. The lowest BCUT2D eigenvalue weighted by Crippen LogP contribution is -2.39. The second-order valence-corrected chi connectivity index (χ2v) is 5.11. The highest BCUT2D eigenvalue weighted by molar-refractivity contribution is 5.92. The molecule has 0 saturated heterocycles. The second kappa shape index (κ2) is 6.02. The Labute approximate surface area is 114 Å². The van der Waals surface area contributed by atoms with Gasteiger partial charge < -0.3 is 10.4 Å². The average molecular weight is 265 g/mol. The lowest BCUT2D eigenvalue weighted by atomic mass is 10.0. The Bertz CT molecular complexity index is 487. The highest BCUT2D eigenvalue weighted by Gasteiger charge is 2.17. The van der Waals surface area contributed by atoms with Gasteiger partial charge in [0.2, 0.25) is 5.91 Å². The number of hydrogen-bond donors (Lipinski definition) is 2. The SMILES string of the molecule is CCC(C)(O)CNC(=O)C=Cc1c(C)nn(C)c1C. The molecule has 5 heteroatoms. The van der Waals surface area contributed by atoms with Crippen molar-refractivity contribution in [2.24, 2.45) is 7.05 Å². The summed E-state index contributed by atoms with van der Waals surface area (Å²) in [7, 11) is 1.87. The summed E-state index contributed by atoms with van der Waals surface area (Å²) in [5, 5.41) is 16.8. The van der Waals surface area contributed by atoms with Gasteiger partial charge in [-0.3, -0.25) is 9.48 Å². The van der Waals surface area contributed by atoms with E-state index < -0.39 is 5.60 Å². The van der Waals surface area contributed by atoms with Crippen molar-refractivity contribution in [3.63, 3.8) is 0 Å². The van der Waals surface area contributed by atoms with Crippen LogP contribution in [0.2, 0.25) is 0 Å². The van der Waals surface area contributed by atoms with Crippen molar-refractivity contribution in [1.82, 2.24) is 15.1 Å². The van der Waals surface area contributed by atoms with Gasteiger partial charge in [-0.1, -0.05) is 6.92 Å². The Morgan fingerprint density at radius 1 is 1.53 bits per heavy atom. The molecule has 19 heavy (non-hydrogen) atoms. The number of rotatable bonds is 5. The Balaban J connectivity index is 2.64. The number of aliphatic hydroxyl groups is 1. The molecule has 0 aliphatic rings. The van der Waals surface area contributed by atoms with Gasteiger partial charge in [-0.15, -0.1) is 0 Å². The van der Waals surface area contributed by atoms with Crippen LogP contribution in [0.25, 0.3) is 6.08 Å². The van der Waals surface area contributed by atoms with E-state index in [1.54, 1.807) is 17.7 Å². The molecule has 0 saturated carbocycles. The van der Waals surface area contributed by atoms with Gasteiger partial charge in [-0.05, 0) is 33.3 Å². The predicted molar refractivity (Wildman–Crippen MR) is 75.6 cm³/mol. The summed E-state index contributed by atoms with van der Waals surface area (Å²) in [5.41, 5.74) is 2.01. The third kappa shape index (κ3) is 4.21. The van der Waals surface area contributed by atoms with Gasteiger partial charge in [0.15, 0.2) is 0 Å².